The number of fused-ring (bicyclic) bond motifs is 17. The highest BCUT2D eigenvalue weighted by Gasteiger charge is 2.42. The van der Waals surface area contributed by atoms with Crippen molar-refractivity contribution < 1.29 is 24.0 Å². The monoisotopic (exact) mass is 1820 g/mol. The highest BCUT2D eigenvalue weighted by molar-refractivity contribution is 6.47. The van der Waals surface area contributed by atoms with Crippen molar-refractivity contribution in [2.45, 2.75) is 34.6 Å². The van der Waals surface area contributed by atoms with Crippen molar-refractivity contribution in [1.29, 1.82) is 5.26 Å². The zero-order valence-corrected chi connectivity index (χ0v) is 79.1. The van der Waals surface area contributed by atoms with Crippen LogP contribution in [0.5, 0.6) is 0 Å². The van der Waals surface area contributed by atoms with Gasteiger partial charge in [-0.05, 0) is 87.4 Å². The number of ketones is 5. The molecular formula is C110H99N23O5. The lowest BCUT2D eigenvalue weighted by Crippen LogP contribution is -2.44. The summed E-state index contributed by atoms with van der Waals surface area (Å²) in [6.07, 6.45) is 3.56. The molecule has 28 nitrogen and oxygen atoms in total. The fourth-order valence-electron chi connectivity index (χ4n) is 18.7. The quantitative estimate of drug-likeness (QED) is 0.122. The molecule has 684 valence electrons. The van der Waals surface area contributed by atoms with Gasteiger partial charge in [0.25, 0.3) is 0 Å². The van der Waals surface area contributed by atoms with Crippen LogP contribution in [0.25, 0.3) is 56.2 Å². The number of nitrogens with zero attached hydrogens (tertiary/aromatic N) is 21. The lowest BCUT2D eigenvalue weighted by Gasteiger charge is -2.32. The third-order valence-electron chi connectivity index (χ3n) is 25.7. The maximum atomic E-state index is 13.6. The van der Waals surface area contributed by atoms with Gasteiger partial charge < -0.3 is 44.6 Å². The third kappa shape index (κ3) is 16.1. The summed E-state index contributed by atoms with van der Waals surface area (Å²) in [4.78, 5) is 128. The average molecular weight is 1820 g/mol. The average Bonchev–Trinajstić information content (AvgIpc) is 1.54. The zero-order chi connectivity index (χ0) is 96.2. The molecule has 10 aromatic carbocycles. The summed E-state index contributed by atoms with van der Waals surface area (Å²) < 4.78 is 1.81. The number of hydrogen-bond donors (Lipinski definition) is 2. The van der Waals surface area contributed by atoms with E-state index in [1.807, 2.05) is 290 Å². The van der Waals surface area contributed by atoms with Crippen LogP contribution in [-0.4, -0.2) is 224 Å². The number of nitrogens with one attached hydrogen (secondary N) is 2. The van der Waals surface area contributed by atoms with Crippen molar-refractivity contribution in [3.63, 3.8) is 0 Å². The molecule has 6 aliphatic heterocycles. The van der Waals surface area contributed by atoms with E-state index in [9.17, 15) is 29.2 Å². The summed E-state index contributed by atoms with van der Waals surface area (Å²) in [5.74, 6) is 3.10. The van der Waals surface area contributed by atoms with E-state index in [-0.39, 0.29) is 28.9 Å². The molecule has 1 fully saturated rings. The number of rotatable bonds is 11. The molecule has 138 heavy (non-hydrogen) atoms. The van der Waals surface area contributed by atoms with Gasteiger partial charge in [0.2, 0.25) is 29.8 Å². The van der Waals surface area contributed by atoms with Gasteiger partial charge in [0.1, 0.15) is 45.6 Å². The van der Waals surface area contributed by atoms with Gasteiger partial charge in [-0.2, -0.15) is 20.6 Å². The van der Waals surface area contributed by atoms with Gasteiger partial charge in [0, 0.05) is 210 Å². The van der Waals surface area contributed by atoms with Crippen LogP contribution in [-0.2, 0) is 7.05 Å². The number of piperazine rings is 1. The maximum absolute atomic E-state index is 13.6. The topological polar surface area (TPSA) is 314 Å². The van der Waals surface area contributed by atoms with Crippen LogP contribution in [0, 0.1) is 18.3 Å². The molecule has 0 amide bonds. The van der Waals surface area contributed by atoms with Gasteiger partial charge in [-0.25, -0.2) is 44.9 Å². The highest BCUT2D eigenvalue weighted by atomic mass is 16.1. The van der Waals surface area contributed by atoms with E-state index in [1.165, 1.54) is 0 Å². The Morgan fingerprint density at radius 1 is 0.413 bits per heavy atom. The number of anilines is 3. The number of para-hydroxylation sites is 2. The number of H-pyrrole nitrogens is 1. The number of nitriles is 1. The molecule has 0 atom stereocenters. The smallest absolute Gasteiger partial charge is 0.226 e. The number of aryl methyl sites for hydroxylation is 2. The van der Waals surface area contributed by atoms with Crippen LogP contribution >= 0.6 is 0 Å². The first-order valence-electron chi connectivity index (χ1n) is 46.0. The van der Waals surface area contributed by atoms with Crippen LogP contribution in [0.2, 0.25) is 0 Å². The van der Waals surface area contributed by atoms with Gasteiger partial charge in [-0.15, -0.1) is 0 Å². The van der Waals surface area contributed by atoms with Gasteiger partial charge >= 0.3 is 0 Å². The molecule has 8 heterocycles. The second-order valence-electron chi connectivity index (χ2n) is 34.9. The summed E-state index contributed by atoms with van der Waals surface area (Å²) in [6.45, 7) is 17.4. The van der Waals surface area contributed by atoms with Crippen molar-refractivity contribution in [2.24, 2.45) is 57.2 Å². The van der Waals surface area contributed by atoms with Crippen LogP contribution in [0.1, 0.15) is 141 Å². The minimum atomic E-state index is -0.129. The predicted molar refractivity (Wildman–Crippen MR) is 549 cm³/mol. The van der Waals surface area contributed by atoms with Gasteiger partial charge in [-0.3, -0.25) is 28.7 Å². The van der Waals surface area contributed by atoms with Crippen molar-refractivity contribution in [2.75, 3.05) is 123 Å². The number of guanidine groups is 4. The molecule has 0 saturated carbocycles. The molecule has 5 aliphatic carbocycles. The number of allylic oxidation sites excluding steroid dienone is 8. The molecule has 12 aromatic rings. The van der Waals surface area contributed by atoms with E-state index in [2.05, 4.69) is 100 Å². The number of imidazole rings is 1. The van der Waals surface area contributed by atoms with Crippen LogP contribution in [0.4, 0.5) is 23.0 Å². The second-order valence-corrected chi connectivity index (χ2v) is 34.9. The summed E-state index contributed by atoms with van der Waals surface area (Å²) in [5, 5.41) is 28.3. The number of hydrogen-bond acceptors (Lipinski definition) is 26. The summed E-state index contributed by atoms with van der Waals surface area (Å²) in [7, 11) is 17.2. The number of aromatic amines is 1. The second kappa shape index (κ2) is 37.4. The molecule has 2 aromatic heterocycles. The van der Waals surface area contributed by atoms with Crippen molar-refractivity contribution in [1.82, 2.24) is 44.7 Å². The fraction of sp³-hybridized carbons (Fsp3) is 0.200. The number of azo groups is 1. The molecule has 11 aliphatic rings. The van der Waals surface area contributed by atoms with E-state index in [0.717, 1.165) is 175 Å². The van der Waals surface area contributed by atoms with Crippen molar-refractivity contribution >= 4 is 144 Å². The number of aromatic nitrogens is 4. The van der Waals surface area contributed by atoms with Crippen molar-refractivity contribution in [3.8, 4) is 17.3 Å². The molecule has 28 heteroatoms. The molecule has 0 spiro atoms. The summed E-state index contributed by atoms with van der Waals surface area (Å²) in [5.41, 5.74) is 26.2. The van der Waals surface area contributed by atoms with E-state index >= 15 is 0 Å². The maximum Gasteiger partial charge on any atom is 0.226 e. The van der Waals surface area contributed by atoms with Crippen LogP contribution in [0.15, 0.2) is 304 Å². The minimum absolute atomic E-state index is 0.00379. The number of carbonyl (C=O) groups is 5. The molecule has 2 N–H and O–H groups in total. The number of benzene rings is 10. The summed E-state index contributed by atoms with van der Waals surface area (Å²) >= 11 is 0. The Labute approximate surface area is 798 Å². The Morgan fingerprint density at radius 2 is 0.826 bits per heavy atom. The largest absolute Gasteiger partial charge is 0.378 e. The fourth-order valence-corrected chi connectivity index (χ4v) is 18.7. The van der Waals surface area contributed by atoms with E-state index in [1.54, 1.807) is 35.4 Å². The van der Waals surface area contributed by atoms with Crippen molar-refractivity contribution in [3.05, 3.63) is 353 Å². The summed E-state index contributed by atoms with van der Waals surface area (Å²) in [6, 6.07) is 73.4. The van der Waals surface area contributed by atoms with E-state index in [4.69, 9.17) is 25.0 Å². The van der Waals surface area contributed by atoms with Crippen LogP contribution in [0.3, 0.4) is 0 Å². The molecule has 23 rings (SSSR count). The first kappa shape index (κ1) is 90.1. The third-order valence-corrected chi connectivity index (χ3v) is 25.7. The Morgan fingerprint density at radius 3 is 1.32 bits per heavy atom. The number of carbonyl (C=O) groups excluding carboxylic acids is 5. The SMILES string of the molecule is CCN(CC)C1=NC2=C(c3cccc4cnn(C)c34)C(=O)c3ccccc3C2=N1.CCN(CC)c1nc2c([nH]1)C(=c1cc3c(cc1C)=CN=N3)C(=O)c1ccccc1-2.CN(C)C1=NC2=C(c3ccc(N(C)C)cc3)C(=O)c3ccccc3C2=N1.CN(C)C1=NC2=C(c3ccccc3C#N)C(=O)c3ccccc3C2=N1.CN(C)C1=NC2=C(c3ccccc3N3CCNCC3)C(=O)c3ccccc3C2=N1. The van der Waals surface area contributed by atoms with E-state index in [0.29, 0.717) is 119 Å². The Kier molecular flexibility index (Phi) is 24.4. The zero-order valence-electron chi connectivity index (χ0n) is 79.1. The highest BCUT2D eigenvalue weighted by Crippen LogP contribution is 2.45. The van der Waals surface area contributed by atoms with Gasteiger partial charge in [0.15, 0.2) is 28.9 Å². The predicted octanol–water partition coefficient (Wildman–Crippen LogP) is 15.5. The minimum Gasteiger partial charge on any atom is -0.378 e. The Balaban J connectivity index is 0.000000110. The van der Waals surface area contributed by atoms with Crippen LogP contribution < -0.4 is 30.5 Å². The molecule has 0 bridgehead atoms. The molecular weight excluding hydrogens is 1720 g/mol. The molecule has 0 radical (unpaired) electrons. The number of Topliss-reactive ketones (excluding diaryl/α,β-unsaturated/α-hetero) is 5. The Bertz CT molecular complexity index is 7820. The first-order chi connectivity index (χ1) is 67.0. The van der Waals surface area contributed by atoms with E-state index < -0.39 is 0 Å². The Hall–Kier alpha value is -17.1. The lowest BCUT2D eigenvalue weighted by atomic mass is 9.82. The molecule has 0 unspecified atom stereocenters. The number of aliphatic imine (C=N–C) groups is 8. The van der Waals surface area contributed by atoms with Gasteiger partial charge in [-0.1, -0.05) is 188 Å². The normalized spacial score (nSPS) is 16.0. The molecule has 1 saturated heterocycles. The van der Waals surface area contributed by atoms with Gasteiger partial charge in [0.05, 0.1) is 74.5 Å². The first-order valence-corrected chi connectivity index (χ1v) is 46.0. The lowest BCUT2D eigenvalue weighted by molar-refractivity contribution is 0.104. The standard InChI is InChI=1S/C23H23N5O.2C23H21N5O.C21H20N4O.C20H14N4O/c1-27(2)23-25-20-15-7-3-4-8-16(15)22(29)19(21(20)26-23)17-9-5-6-10-18(17)28-13-11-24-12-14-28;1-4-28(5-2)23-25-19-15-10-6-7-11-16(15)22(29)18(20(19)26-23)17-12-8-9-14-13-24-27(3)21(14)17;1-4-28(5-2)23-25-20-15-8-6-7-9-16(15)22(29)19(21(20)26-23)17-11-18-14(10-13(17)3)12-24-27-18;1-24(2)14-11-9-13(10-12-14)17-19-18(22-21(23-19)25(3)4)15-7-5-6-8-16(15)20(17)26;1-24(2)20-22-17-14-9-5-6-10-15(14)19(25)16(18(17)23-20)13-8-4-3-7-12(13)11-21/h3-10,24H,11-14H2,1-2H3;6-13H,4-5H2,1-3H3;6-12H,4-5H2,1-3H3,(H,25,26);5-12H,1-4H3;3-10H,1-2H3.